The summed E-state index contributed by atoms with van der Waals surface area (Å²) in [6.45, 7) is 0. The molecule has 0 saturated heterocycles. The molecule has 3 aromatic rings. The van der Waals surface area contributed by atoms with E-state index in [1.807, 2.05) is 48.5 Å². The first kappa shape index (κ1) is 19.0. The third-order valence-electron chi connectivity index (χ3n) is 4.56. The van der Waals surface area contributed by atoms with Gasteiger partial charge in [0.15, 0.2) is 0 Å². The Morgan fingerprint density at radius 3 is 2.86 bits per heavy atom. The average molecular weight is 405 g/mol. The molecule has 0 aliphatic carbocycles. The van der Waals surface area contributed by atoms with Crippen LogP contribution in [0.5, 0.6) is 5.75 Å². The Kier molecular flexibility index (Phi) is 5.48. The lowest BCUT2D eigenvalue weighted by molar-refractivity contribution is -0.113. The highest BCUT2D eigenvalue weighted by Gasteiger charge is 2.22. The summed E-state index contributed by atoms with van der Waals surface area (Å²) in [5.74, 6) is 0.765. The van der Waals surface area contributed by atoms with Crippen LogP contribution in [0.25, 0.3) is 0 Å². The van der Waals surface area contributed by atoms with Gasteiger partial charge in [0.2, 0.25) is 5.91 Å². The molecule has 2 heterocycles. The van der Waals surface area contributed by atoms with Crippen molar-refractivity contribution < 1.29 is 14.3 Å². The number of hydrogen-bond acceptors (Lipinski definition) is 5. The van der Waals surface area contributed by atoms with Crippen LogP contribution in [0, 0.1) is 0 Å². The number of methoxy groups -OCH3 is 1. The molecule has 1 aromatic heterocycles. The number of carbonyl (C=O) groups excluding carboxylic acids is 2. The van der Waals surface area contributed by atoms with Gasteiger partial charge in [-0.05, 0) is 48.0 Å². The normalized spacial score (nSPS) is 13.8. The monoisotopic (exact) mass is 405 g/mol. The van der Waals surface area contributed by atoms with E-state index in [-0.39, 0.29) is 11.8 Å². The molecule has 1 aliphatic heterocycles. The molecule has 0 spiro atoms. The molecule has 1 atom stereocenters. The molecule has 6 nitrogen and oxygen atoms in total. The highest BCUT2D eigenvalue weighted by Crippen LogP contribution is 2.32. The smallest absolute Gasteiger partial charge is 0.252 e. The van der Waals surface area contributed by atoms with Gasteiger partial charge in [0.25, 0.3) is 5.91 Å². The fourth-order valence-corrected chi connectivity index (χ4v) is 3.92. The number of thioether (sulfide) groups is 1. The first-order chi connectivity index (χ1) is 14.1. The van der Waals surface area contributed by atoms with E-state index in [4.69, 9.17) is 4.74 Å². The first-order valence-electron chi connectivity index (χ1n) is 9.06. The van der Waals surface area contributed by atoms with Crippen LogP contribution in [0.2, 0.25) is 0 Å². The van der Waals surface area contributed by atoms with Gasteiger partial charge in [-0.3, -0.25) is 14.6 Å². The maximum absolute atomic E-state index is 13.0. The number of benzene rings is 2. The molecule has 7 heteroatoms. The molecule has 1 aliphatic rings. The Bertz CT molecular complexity index is 1060. The molecule has 2 N–H and O–H groups in total. The van der Waals surface area contributed by atoms with E-state index in [0.29, 0.717) is 22.8 Å². The van der Waals surface area contributed by atoms with Gasteiger partial charge in [0.05, 0.1) is 30.3 Å². The molecular formula is C22H19N3O3S. The van der Waals surface area contributed by atoms with Crippen LogP contribution in [0.4, 0.5) is 5.69 Å². The van der Waals surface area contributed by atoms with Crippen molar-refractivity contribution in [1.29, 1.82) is 0 Å². The average Bonchev–Trinajstić information content (AvgIpc) is 2.77. The topological polar surface area (TPSA) is 80.3 Å². The molecule has 2 aromatic carbocycles. The Morgan fingerprint density at radius 2 is 2.07 bits per heavy atom. The summed E-state index contributed by atoms with van der Waals surface area (Å²) in [4.78, 5) is 30.1. The molecule has 0 unspecified atom stereocenters. The van der Waals surface area contributed by atoms with Crippen molar-refractivity contribution in [2.24, 2.45) is 0 Å². The highest BCUT2D eigenvalue weighted by atomic mass is 32.2. The predicted molar refractivity (Wildman–Crippen MR) is 112 cm³/mol. The number of nitrogens with one attached hydrogen (secondary N) is 2. The Balaban J connectivity index is 1.65. The largest absolute Gasteiger partial charge is 0.497 e. The van der Waals surface area contributed by atoms with Crippen LogP contribution in [0.15, 0.2) is 71.8 Å². The summed E-state index contributed by atoms with van der Waals surface area (Å²) < 4.78 is 5.33. The molecule has 29 heavy (non-hydrogen) atoms. The van der Waals surface area contributed by atoms with Crippen molar-refractivity contribution in [2.45, 2.75) is 10.9 Å². The zero-order valence-electron chi connectivity index (χ0n) is 15.7. The maximum atomic E-state index is 13.0. The minimum atomic E-state index is -0.446. The number of pyridine rings is 1. The number of rotatable bonds is 5. The second-order valence-corrected chi connectivity index (χ2v) is 7.50. The Morgan fingerprint density at radius 1 is 1.17 bits per heavy atom. The van der Waals surface area contributed by atoms with Crippen LogP contribution >= 0.6 is 11.8 Å². The van der Waals surface area contributed by atoms with Gasteiger partial charge in [-0.2, -0.15) is 0 Å². The highest BCUT2D eigenvalue weighted by molar-refractivity contribution is 8.00. The van der Waals surface area contributed by atoms with E-state index >= 15 is 0 Å². The number of aromatic nitrogens is 1. The summed E-state index contributed by atoms with van der Waals surface area (Å²) in [6.07, 6.45) is 1.69. The number of carbonyl (C=O) groups is 2. The molecule has 4 rings (SSSR count). The minimum Gasteiger partial charge on any atom is -0.497 e. The van der Waals surface area contributed by atoms with Gasteiger partial charge in [-0.1, -0.05) is 18.2 Å². The zero-order chi connectivity index (χ0) is 20.2. The molecule has 2 amide bonds. The van der Waals surface area contributed by atoms with Crippen LogP contribution in [0.1, 0.15) is 27.7 Å². The summed E-state index contributed by atoms with van der Waals surface area (Å²) >= 11 is 1.46. The van der Waals surface area contributed by atoms with E-state index < -0.39 is 6.04 Å². The third-order valence-corrected chi connectivity index (χ3v) is 5.63. The van der Waals surface area contributed by atoms with Crippen molar-refractivity contribution in [3.8, 4) is 5.75 Å². The summed E-state index contributed by atoms with van der Waals surface area (Å²) in [6, 6.07) is 18.0. The van der Waals surface area contributed by atoms with Gasteiger partial charge >= 0.3 is 0 Å². The van der Waals surface area contributed by atoms with Gasteiger partial charge in [0, 0.05) is 16.7 Å². The quantitative estimate of drug-likeness (QED) is 0.677. The predicted octanol–water partition coefficient (Wildman–Crippen LogP) is 3.65. The molecule has 0 radical (unpaired) electrons. The van der Waals surface area contributed by atoms with Crippen molar-refractivity contribution in [3.63, 3.8) is 0 Å². The molecule has 0 bridgehead atoms. The molecule has 146 valence electrons. The Labute approximate surface area is 172 Å². The van der Waals surface area contributed by atoms with Crippen molar-refractivity contribution in [3.05, 3.63) is 83.7 Å². The van der Waals surface area contributed by atoms with Gasteiger partial charge < -0.3 is 15.4 Å². The molecule has 0 fully saturated rings. The fraction of sp³-hybridized carbons (Fsp3) is 0.136. The fourth-order valence-electron chi connectivity index (χ4n) is 3.13. The summed E-state index contributed by atoms with van der Waals surface area (Å²) in [5, 5.41) is 5.88. The number of anilines is 1. The van der Waals surface area contributed by atoms with Gasteiger partial charge in [-0.15, -0.1) is 11.8 Å². The van der Waals surface area contributed by atoms with Crippen molar-refractivity contribution >= 4 is 29.3 Å². The lowest BCUT2D eigenvalue weighted by atomic mass is 10.0. The van der Waals surface area contributed by atoms with Crippen molar-refractivity contribution in [1.82, 2.24) is 10.3 Å². The SMILES string of the molecule is COc1cccc([C@@H](NC(=O)c2ccc3c(c2)NC(=O)CS3)c2ccccn2)c1. The number of fused-ring (bicyclic) bond motifs is 1. The second kappa shape index (κ2) is 8.36. The third kappa shape index (κ3) is 4.25. The van der Waals surface area contributed by atoms with E-state index in [9.17, 15) is 9.59 Å². The lowest BCUT2D eigenvalue weighted by Gasteiger charge is -2.21. The number of hydrogen-bond donors (Lipinski definition) is 2. The van der Waals surface area contributed by atoms with Crippen LogP contribution < -0.4 is 15.4 Å². The second-order valence-electron chi connectivity index (χ2n) is 6.49. The Hall–Kier alpha value is -3.32. The zero-order valence-corrected chi connectivity index (χ0v) is 16.5. The van der Waals surface area contributed by atoms with E-state index in [1.165, 1.54) is 11.8 Å². The maximum Gasteiger partial charge on any atom is 0.252 e. The molecule has 0 saturated carbocycles. The summed E-state index contributed by atoms with van der Waals surface area (Å²) in [5.41, 5.74) is 2.71. The first-order valence-corrected chi connectivity index (χ1v) is 10.0. The standard InChI is InChI=1S/C22H19N3O3S/c1-28-16-6-4-5-14(11-16)21(17-7-2-3-10-23-17)25-22(27)15-8-9-19-18(12-15)24-20(26)13-29-19/h2-12,21H,13H2,1H3,(H,24,26)(H,25,27)/t21-/m1/s1. The summed E-state index contributed by atoms with van der Waals surface area (Å²) in [7, 11) is 1.60. The van der Waals surface area contributed by atoms with Crippen molar-refractivity contribution in [2.75, 3.05) is 18.2 Å². The van der Waals surface area contributed by atoms with Gasteiger partial charge in [0.1, 0.15) is 5.75 Å². The van der Waals surface area contributed by atoms with Crippen LogP contribution in [-0.2, 0) is 4.79 Å². The van der Waals surface area contributed by atoms with Crippen LogP contribution in [0.3, 0.4) is 0 Å². The van der Waals surface area contributed by atoms with E-state index in [0.717, 1.165) is 16.2 Å². The van der Waals surface area contributed by atoms with E-state index in [2.05, 4.69) is 15.6 Å². The number of amides is 2. The number of nitrogens with zero attached hydrogens (tertiary/aromatic N) is 1. The lowest BCUT2D eigenvalue weighted by Crippen LogP contribution is -2.30. The van der Waals surface area contributed by atoms with Gasteiger partial charge in [-0.25, -0.2) is 0 Å². The van der Waals surface area contributed by atoms with Crippen LogP contribution in [-0.4, -0.2) is 29.7 Å². The minimum absolute atomic E-state index is 0.0669. The van der Waals surface area contributed by atoms with E-state index in [1.54, 1.807) is 25.4 Å². The molecular weight excluding hydrogens is 386 g/mol. The number of ether oxygens (including phenoxy) is 1.